The van der Waals surface area contributed by atoms with Gasteiger partial charge in [0.25, 0.3) is 0 Å². The van der Waals surface area contributed by atoms with Crippen LogP contribution in [0.5, 0.6) is 0 Å². The first-order chi connectivity index (χ1) is 6.95. The standard InChI is InChI=1S/C8H13F3N2O2/c9-8(10,11)6-4-12-7(15)5-13(6)2-1-3-14/h6,14H,1-5H2,(H,12,15). The van der Waals surface area contributed by atoms with Crippen molar-refractivity contribution in [2.45, 2.75) is 18.6 Å². The molecule has 7 heteroatoms. The second kappa shape index (κ2) is 4.80. The van der Waals surface area contributed by atoms with Crippen LogP contribution in [0.1, 0.15) is 6.42 Å². The lowest BCUT2D eigenvalue weighted by molar-refractivity contribution is -0.189. The molecule has 15 heavy (non-hydrogen) atoms. The lowest BCUT2D eigenvalue weighted by Crippen LogP contribution is -2.60. The number of hydrogen-bond donors (Lipinski definition) is 2. The van der Waals surface area contributed by atoms with Crippen LogP contribution < -0.4 is 5.32 Å². The SMILES string of the molecule is O=C1CN(CCCO)C(C(F)(F)F)CN1. The van der Waals surface area contributed by atoms with Crippen molar-refractivity contribution in [3.8, 4) is 0 Å². The molecule has 1 unspecified atom stereocenters. The van der Waals surface area contributed by atoms with Gasteiger partial charge >= 0.3 is 6.18 Å². The van der Waals surface area contributed by atoms with E-state index in [0.29, 0.717) is 0 Å². The molecule has 1 aliphatic heterocycles. The smallest absolute Gasteiger partial charge is 0.396 e. The Kier molecular flexibility index (Phi) is 3.92. The summed E-state index contributed by atoms with van der Waals surface area (Å²) in [6.45, 7) is -0.769. The third-order valence-corrected chi connectivity index (χ3v) is 2.26. The van der Waals surface area contributed by atoms with E-state index in [2.05, 4.69) is 5.32 Å². The van der Waals surface area contributed by atoms with Crippen LogP contribution in [0, 0.1) is 0 Å². The molecule has 0 spiro atoms. The molecule has 0 aliphatic carbocycles. The van der Waals surface area contributed by atoms with Gasteiger partial charge in [-0.15, -0.1) is 0 Å². The van der Waals surface area contributed by atoms with Crippen LogP contribution >= 0.6 is 0 Å². The van der Waals surface area contributed by atoms with E-state index in [9.17, 15) is 18.0 Å². The highest BCUT2D eigenvalue weighted by Crippen LogP contribution is 2.25. The number of alkyl halides is 3. The number of rotatable bonds is 3. The summed E-state index contributed by atoms with van der Waals surface area (Å²) in [5.41, 5.74) is 0. The Morgan fingerprint density at radius 2 is 2.20 bits per heavy atom. The summed E-state index contributed by atoms with van der Waals surface area (Å²) < 4.78 is 37.5. The molecule has 2 N–H and O–H groups in total. The van der Waals surface area contributed by atoms with Gasteiger partial charge in [0.1, 0.15) is 6.04 Å². The zero-order chi connectivity index (χ0) is 11.5. The van der Waals surface area contributed by atoms with Gasteiger partial charge in [-0.25, -0.2) is 0 Å². The Bertz CT molecular complexity index is 232. The van der Waals surface area contributed by atoms with E-state index in [1.807, 2.05) is 0 Å². The predicted octanol–water partition coefficient (Wildman–Crippen LogP) is -0.269. The number of amides is 1. The van der Waals surface area contributed by atoms with Crippen LogP contribution in [0.2, 0.25) is 0 Å². The van der Waals surface area contributed by atoms with E-state index >= 15 is 0 Å². The molecule has 0 saturated carbocycles. The van der Waals surface area contributed by atoms with Crippen LogP contribution in [-0.2, 0) is 4.79 Å². The first kappa shape index (κ1) is 12.3. The third-order valence-electron chi connectivity index (χ3n) is 2.26. The van der Waals surface area contributed by atoms with Gasteiger partial charge in [-0.2, -0.15) is 13.2 Å². The topological polar surface area (TPSA) is 52.6 Å². The molecule has 0 aromatic carbocycles. The van der Waals surface area contributed by atoms with E-state index in [1.54, 1.807) is 0 Å². The molecule has 88 valence electrons. The van der Waals surface area contributed by atoms with Gasteiger partial charge in [0.2, 0.25) is 5.91 Å². The second-order valence-electron chi connectivity index (χ2n) is 3.41. The Morgan fingerprint density at radius 1 is 1.53 bits per heavy atom. The molecule has 1 aliphatic rings. The molecular formula is C8H13F3N2O2. The lowest BCUT2D eigenvalue weighted by Gasteiger charge is -2.36. The van der Waals surface area contributed by atoms with Crippen molar-refractivity contribution >= 4 is 5.91 Å². The number of halogens is 3. The van der Waals surface area contributed by atoms with Crippen molar-refractivity contribution in [1.29, 1.82) is 0 Å². The number of aliphatic hydroxyl groups excluding tert-OH is 1. The number of aliphatic hydroxyl groups is 1. The minimum atomic E-state index is -4.34. The van der Waals surface area contributed by atoms with E-state index in [4.69, 9.17) is 5.11 Å². The molecule has 1 fully saturated rings. The Morgan fingerprint density at radius 3 is 2.73 bits per heavy atom. The minimum Gasteiger partial charge on any atom is -0.396 e. The number of nitrogens with one attached hydrogen (secondary N) is 1. The largest absolute Gasteiger partial charge is 0.405 e. The molecule has 0 radical (unpaired) electrons. The second-order valence-corrected chi connectivity index (χ2v) is 3.41. The molecule has 1 amide bonds. The van der Waals surface area contributed by atoms with Gasteiger partial charge in [0.15, 0.2) is 0 Å². The maximum atomic E-state index is 12.5. The molecule has 0 bridgehead atoms. The highest BCUT2D eigenvalue weighted by atomic mass is 19.4. The van der Waals surface area contributed by atoms with Crippen LogP contribution in [0.4, 0.5) is 13.2 Å². The summed E-state index contributed by atoms with van der Waals surface area (Å²) in [5.74, 6) is -0.409. The van der Waals surface area contributed by atoms with Crippen LogP contribution in [0.3, 0.4) is 0 Å². The maximum absolute atomic E-state index is 12.5. The van der Waals surface area contributed by atoms with Gasteiger partial charge in [-0.3, -0.25) is 9.69 Å². The Labute approximate surface area is 85.1 Å². The van der Waals surface area contributed by atoms with Crippen LogP contribution in [0.25, 0.3) is 0 Å². The predicted molar refractivity (Wildman–Crippen MR) is 46.1 cm³/mol. The molecule has 1 saturated heterocycles. The highest BCUT2D eigenvalue weighted by Gasteiger charge is 2.45. The van der Waals surface area contributed by atoms with Gasteiger partial charge in [-0.05, 0) is 6.42 Å². The number of carbonyl (C=O) groups excluding carboxylic acids is 1. The quantitative estimate of drug-likeness (QED) is 0.696. The summed E-state index contributed by atoms with van der Waals surface area (Å²) in [6, 6.07) is -1.64. The summed E-state index contributed by atoms with van der Waals surface area (Å²) >= 11 is 0. The van der Waals surface area contributed by atoms with Crippen molar-refractivity contribution in [2.75, 3.05) is 26.2 Å². The summed E-state index contributed by atoms with van der Waals surface area (Å²) in [6.07, 6.45) is -4.11. The first-order valence-corrected chi connectivity index (χ1v) is 4.63. The van der Waals surface area contributed by atoms with Gasteiger partial charge in [0, 0.05) is 19.7 Å². The number of carbonyl (C=O) groups is 1. The summed E-state index contributed by atoms with van der Waals surface area (Å²) in [5, 5.41) is 10.7. The average Bonchev–Trinajstić information content (AvgIpc) is 2.12. The molecule has 0 aromatic heterocycles. The van der Waals surface area contributed by atoms with Gasteiger partial charge in [-0.1, -0.05) is 0 Å². The molecule has 0 aromatic rings. The summed E-state index contributed by atoms with van der Waals surface area (Å²) in [4.78, 5) is 12.0. The normalized spacial score (nSPS) is 24.0. The van der Waals surface area contributed by atoms with Gasteiger partial charge < -0.3 is 10.4 Å². The fraction of sp³-hybridized carbons (Fsp3) is 0.875. The fourth-order valence-corrected chi connectivity index (χ4v) is 1.52. The van der Waals surface area contributed by atoms with E-state index in [-0.39, 0.29) is 26.1 Å². The van der Waals surface area contributed by atoms with E-state index < -0.39 is 24.7 Å². The van der Waals surface area contributed by atoms with E-state index in [0.717, 1.165) is 4.90 Å². The van der Waals surface area contributed by atoms with Crippen LogP contribution in [-0.4, -0.2) is 54.4 Å². The van der Waals surface area contributed by atoms with Gasteiger partial charge in [0.05, 0.1) is 6.54 Å². The third kappa shape index (κ3) is 3.35. The fourth-order valence-electron chi connectivity index (χ4n) is 1.52. The van der Waals surface area contributed by atoms with Crippen molar-refractivity contribution in [3.63, 3.8) is 0 Å². The molecule has 4 nitrogen and oxygen atoms in total. The monoisotopic (exact) mass is 226 g/mol. The molecule has 1 atom stereocenters. The Hall–Kier alpha value is -0.820. The van der Waals surface area contributed by atoms with Crippen LogP contribution in [0.15, 0.2) is 0 Å². The van der Waals surface area contributed by atoms with E-state index in [1.165, 1.54) is 0 Å². The van der Waals surface area contributed by atoms with Crippen molar-refractivity contribution in [2.24, 2.45) is 0 Å². The Balaban J connectivity index is 2.62. The zero-order valence-electron chi connectivity index (χ0n) is 8.05. The molecular weight excluding hydrogens is 213 g/mol. The first-order valence-electron chi connectivity index (χ1n) is 4.63. The lowest BCUT2D eigenvalue weighted by atomic mass is 10.1. The van der Waals surface area contributed by atoms with Crippen molar-refractivity contribution < 1.29 is 23.1 Å². The van der Waals surface area contributed by atoms with Crippen molar-refractivity contribution in [3.05, 3.63) is 0 Å². The minimum absolute atomic E-state index is 0.0775. The molecule has 1 heterocycles. The summed E-state index contributed by atoms with van der Waals surface area (Å²) in [7, 11) is 0. The molecule has 1 rings (SSSR count). The average molecular weight is 226 g/mol. The number of hydrogen-bond acceptors (Lipinski definition) is 3. The number of piperazine rings is 1. The zero-order valence-corrected chi connectivity index (χ0v) is 8.05. The number of nitrogens with zero attached hydrogens (tertiary/aromatic N) is 1. The van der Waals surface area contributed by atoms with Crippen molar-refractivity contribution in [1.82, 2.24) is 10.2 Å². The maximum Gasteiger partial charge on any atom is 0.405 e. The highest BCUT2D eigenvalue weighted by molar-refractivity contribution is 5.78.